The summed E-state index contributed by atoms with van der Waals surface area (Å²) < 4.78 is 10.3. The first-order valence-electron chi connectivity index (χ1n) is 11.7. The van der Waals surface area contributed by atoms with Gasteiger partial charge >= 0.3 is 5.97 Å². The van der Waals surface area contributed by atoms with Crippen LogP contribution in [0.3, 0.4) is 0 Å². The number of para-hydroxylation sites is 2. The molecule has 0 saturated carbocycles. The molecule has 1 N–H and O–H groups in total. The number of carbonyl (C=O) groups is 2. The summed E-state index contributed by atoms with van der Waals surface area (Å²) in [5.74, 6) is 0.253. The van der Waals surface area contributed by atoms with Crippen molar-refractivity contribution in [2.75, 3.05) is 50.6 Å². The van der Waals surface area contributed by atoms with Gasteiger partial charge in [0.25, 0.3) is 5.91 Å². The molecule has 0 radical (unpaired) electrons. The Bertz CT molecular complexity index is 1190. The van der Waals surface area contributed by atoms with E-state index in [1.807, 2.05) is 49.4 Å². The molecule has 1 aliphatic heterocycles. The van der Waals surface area contributed by atoms with Crippen molar-refractivity contribution in [2.24, 2.45) is 0 Å². The van der Waals surface area contributed by atoms with E-state index in [0.29, 0.717) is 16.8 Å². The minimum absolute atomic E-state index is 0.216. The first-order valence-corrected chi connectivity index (χ1v) is 11.7. The summed E-state index contributed by atoms with van der Waals surface area (Å²) in [4.78, 5) is 29.4. The summed E-state index contributed by atoms with van der Waals surface area (Å²) >= 11 is 0. The van der Waals surface area contributed by atoms with Crippen LogP contribution in [0.25, 0.3) is 0 Å². The Morgan fingerprint density at radius 2 is 1.57 bits per heavy atom. The third-order valence-corrected chi connectivity index (χ3v) is 6.33. The fraction of sp³-hybridized carbons (Fsp3) is 0.286. The lowest BCUT2D eigenvalue weighted by molar-refractivity contribution is 0.0600. The molecule has 0 aromatic heterocycles. The Morgan fingerprint density at radius 1 is 0.886 bits per heavy atom. The van der Waals surface area contributed by atoms with E-state index >= 15 is 0 Å². The molecular weight excluding hydrogens is 442 g/mol. The average molecular weight is 474 g/mol. The Morgan fingerprint density at radius 3 is 2.26 bits per heavy atom. The second-order valence-corrected chi connectivity index (χ2v) is 8.61. The van der Waals surface area contributed by atoms with Crippen LogP contribution in [0.4, 0.5) is 11.4 Å². The van der Waals surface area contributed by atoms with Gasteiger partial charge in [-0.15, -0.1) is 0 Å². The lowest BCUT2D eigenvalue weighted by Crippen LogP contribution is -2.46. The van der Waals surface area contributed by atoms with E-state index in [4.69, 9.17) is 9.47 Å². The standard InChI is InChI=1S/C28H31N3O4/c1-20-8-11-23(28(33)35-3)18-24(20)29-27(32)22-12-9-21(10-13-22)19-30-14-16-31(17-15-30)25-6-4-5-7-26(25)34-2/h4-13,18H,14-17,19H2,1-3H3,(H,29,32). The molecule has 182 valence electrons. The van der Waals surface area contributed by atoms with Crippen LogP contribution in [0, 0.1) is 6.92 Å². The number of benzene rings is 3. The summed E-state index contributed by atoms with van der Waals surface area (Å²) in [6, 6.07) is 20.9. The van der Waals surface area contributed by atoms with Crippen molar-refractivity contribution < 1.29 is 19.1 Å². The number of carbonyl (C=O) groups excluding carboxylic acids is 2. The second-order valence-electron chi connectivity index (χ2n) is 8.61. The SMILES string of the molecule is COC(=O)c1ccc(C)c(NC(=O)c2ccc(CN3CCN(c4ccccc4OC)CC3)cc2)c1. The lowest BCUT2D eigenvalue weighted by atomic mass is 10.1. The van der Waals surface area contributed by atoms with Crippen LogP contribution in [0.5, 0.6) is 5.75 Å². The maximum Gasteiger partial charge on any atom is 0.337 e. The van der Waals surface area contributed by atoms with E-state index in [1.165, 1.54) is 7.11 Å². The number of methoxy groups -OCH3 is 2. The number of nitrogens with zero attached hydrogens (tertiary/aromatic N) is 2. The topological polar surface area (TPSA) is 71.1 Å². The normalized spacial score (nSPS) is 13.9. The molecule has 0 unspecified atom stereocenters. The summed E-state index contributed by atoms with van der Waals surface area (Å²) in [6.45, 7) is 6.50. The monoisotopic (exact) mass is 473 g/mol. The number of amides is 1. The third kappa shape index (κ3) is 5.81. The van der Waals surface area contributed by atoms with Crippen LogP contribution in [0.15, 0.2) is 66.7 Å². The number of ether oxygens (including phenoxy) is 2. The number of nitrogens with one attached hydrogen (secondary N) is 1. The van der Waals surface area contributed by atoms with Gasteiger partial charge in [-0.1, -0.05) is 30.3 Å². The molecule has 1 amide bonds. The van der Waals surface area contributed by atoms with E-state index < -0.39 is 5.97 Å². The molecule has 1 aliphatic rings. The Kier molecular flexibility index (Phi) is 7.67. The van der Waals surface area contributed by atoms with Gasteiger partial charge in [0.1, 0.15) is 5.75 Å². The van der Waals surface area contributed by atoms with Gasteiger partial charge in [-0.05, 0) is 54.4 Å². The van der Waals surface area contributed by atoms with Crippen LogP contribution in [-0.4, -0.2) is 57.2 Å². The number of anilines is 2. The number of esters is 1. The van der Waals surface area contributed by atoms with Gasteiger partial charge in [-0.2, -0.15) is 0 Å². The lowest BCUT2D eigenvalue weighted by Gasteiger charge is -2.36. The van der Waals surface area contributed by atoms with E-state index in [-0.39, 0.29) is 5.91 Å². The Labute approximate surface area is 206 Å². The van der Waals surface area contributed by atoms with Crippen LogP contribution < -0.4 is 15.0 Å². The van der Waals surface area contributed by atoms with Crippen LogP contribution in [0.1, 0.15) is 31.8 Å². The van der Waals surface area contributed by atoms with E-state index in [2.05, 4.69) is 21.2 Å². The molecule has 1 fully saturated rings. The quantitative estimate of drug-likeness (QED) is 0.514. The molecule has 4 rings (SSSR count). The van der Waals surface area contributed by atoms with Crippen molar-refractivity contribution in [3.05, 3.63) is 89.0 Å². The summed E-state index contributed by atoms with van der Waals surface area (Å²) in [5, 5.41) is 2.90. The average Bonchev–Trinajstić information content (AvgIpc) is 2.90. The van der Waals surface area contributed by atoms with Gasteiger partial charge in [0, 0.05) is 44.0 Å². The van der Waals surface area contributed by atoms with Crippen molar-refractivity contribution in [3.8, 4) is 5.75 Å². The number of rotatable bonds is 7. The van der Waals surface area contributed by atoms with Gasteiger partial charge in [0.05, 0.1) is 25.5 Å². The maximum absolute atomic E-state index is 12.8. The minimum atomic E-state index is -0.436. The van der Waals surface area contributed by atoms with Crippen molar-refractivity contribution in [2.45, 2.75) is 13.5 Å². The smallest absolute Gasteiger partial charge is 0.337 e. The highest BCUT2D eigenvalue weighted by Crippen LogP contribution is 2.28. The predicted molar refractivity (Wildman–Crippen MR) is 137 cm³/mol. The molecular formula is C28H31N3O4. The second kappa shape index (κ2) is 11.1. The highest BCUT2D eigenvalue weighted by Gasteiger charge is 2.20. The van der Waals surface area contributed by atoms with Crippen LogP contribution in [0.2, 0.25) is 0 Å². The summed E-state index contributed by atoms with van der Waals surface area (Å²) in [6.07, 6.45) is 0. The van der Waals surface area contributed by atoms with E-state index in [1.54, 1.807) is 25.3 Å². The molecule has 7 heteroatoms. The first-order chi connectivity index (χ1) is 17.0. The number of aryl methyl sites for hydroxylation is 1. The molecule has 1 saturated heterocycles. The van der Waals surface area contributed by atoms with Crippen molar-refractivity contribution in [1.82, 2.24) is 4.90 Å². The maximum atomic E-state index is 12.8. The molecule has 7 nitrogen and oxygen atoms in total. The van der Waals surface area contributed by atoms with Crippen molar-refractivity contribution in [1.29, 1.82) is 0 Å². The van der Waals surface area contributed by atoms with Gasteiger partial charge in [0.15, 0.2) is 0 Å². The molecule has 35 heavy (non-hydrogen) atoms. The first kappa shape index (κ1) is 24.3. The zero-order chi connectivity index (χ0) is 24.8. The minimum Gasteiger partial charge on any atom is -0.495 e. The molecule has 0 spiro atoms. The molecule has 0 aliphatic carbocycles. The fourth-order valence-electron chi connectivity index (χ4n) is 4.25. The van der Waals surface area contributed by atoms with Crippen LogP contribution in [-0.2, 0) is 11.3 Å². The molecule has 1 heterocycles. The largest absolute Gasteiger partial charge is 0.495 e. The summed E-state index contributed by atoms with van der Waals surface area (Å²) in [7, 11) is 3.04. The van der Waals surface area contributed by atoms with Crippen LogP contribution >= 0.6 is 0 Å². The number of hydrogen-bond donors (Lipinski definition) is 1. The Hall–Kier alpha value is -3.84. The number of hydrogen-bond acceptors (Lipinski definition) is 6. The number of piperazine rings is 1. The molecule has 0 bridgehead atoms. The molecule has 3 aromatic rings. The Balaban J connectivity index is 1.33. The fourth-order valence-corrected chi connectivity index (χ4v) is 4.25. The van der Waals surface area contributed by atoms with Crippen molar-refractivity contribution in [3.63, 3.8) is 0 Å². The highest BCUT2D eigenvalue weighted by atomic mass is 16.5. The highest BCUT2D eigenvalue weighted by molar-refractivity contribution is 6.05. The van der Waals surface area contributed by atoms with Gasteiger partial charge in [-0.25, -0.2) is 4.79 Å². The zero-order valence-corrected chi connectivity index (χ0v) is 20.4. The van der Waals surface area contributed by atoms with Crippen molar-refractivity contribution >= 4 is 23.3 Å². The zero-order valence-electron chi connectivity index (χ0n) is 20.4. The predicted octanol–water partition coefficient (Wildman–Crippen LogP) is 4.36. The van der Waals surface area contributed by atoms with Gasteiger partial charge in [0.2, 0.25) is 0 Å². The van der Waals surface area contributed by atoms with Gasteiger partial charge in [-0.3, -0.25) is 9.69 Å². The summed E-state index contributed by atoms with van der Waals surface area (Å²) in [5.41, 5.74) is 4.73. The molecule has 0 atom stereocenters. The van der Waals surface area contributed by atoms with Gasteiger partial charge < -0.3 is 19.7 Å². The third-order valence-electron chi connectivity index (χ3n) is 6.33. The molecule has 3 aromatic carbocycles. The van der Waals surface area contributed by atoms with E-state index in [9.17, 15) is 9.59 Å². The van der Waals surface area contributed by atoms with E-state index in [0.717, 1.165) is 55.3 Å².